The lowest BCUT2D eigenvalue weighted by atomic mass is 9.92. The number of pyridine rings is 2. The molecule has 5 aromatic rings. The maximum Gasteiger partial charge on any atom is 0.420 e. The van der Waals surface area contributed by atoms with Gasteiger partial charge < -0.3 is 10.2 Å². The van der Waals surface area contributed by atoms with Gasteiger partial charge in [-0.15, -0.1) is 0 Å². The number of primary amides is 1. The number of nitrogens with two attached hydrogens (primary N) is 1. The summed E-state index contributed by atoms with van der Waals surface area (Å²) in [5, 5.41) is 13.2. The van der Waals surface area contributed by atoms with Crippen molar-refractivity contribution in [1.29, 1.82) is 5.26 Å². The Morgan fingerprint density at radius 1 is 1.17 bits per heavy atom. The van der Waals surface area contributed by atoms with Crippen molar-refractivity contribution in [2.45, 2.75) is 46.0 Å². The van der Waals surface area contributed by atoms with Gasteiger partial charge in [0.25, 0.3) is 5.91 Å². The summed E-state index contributed by atoms with van der Waals surface area (Å²) in [7, 11) is 0. The Labute approximate surface area is 230 Å². The van der Waals surface area contributed by atoms with E-state index in [9.17, 15) is 22.8 Å². The van der Waals surface area contributed by atoms with Crippen LogP contribution in [0, 0.1) is 17.2 Å². The molecule has 0 radical (unpaired) electrons. The first-order valence-corrected chi connectivity index (χ1v) is 12.6. The van der Waals surface area contributed by atoms with Crippen molar-refractivity contribution >= 4 is 28.0 Å². The second-order valence-electron chi connectivity index (χ2n) is 10.1. The molecule has 0 fully saturated rings. The zero-order valence-electron chi connectivity index (χ0n) is 22.2. The van der Waals surface area contributed by atoms with E-state index in [0.717, 1.165) is 11.6 Å². The lowest BCUT2D eigenvalue weighted by Crippen LogP contribution is -2.25. The van der Waals surface area contributed by atoms with Crippen molar-refractivity contribution in [2.75, 3.05) is 0 Å². The first-order chi connectivity index (χ1) is 19.4. The average Bonchev–Trinajstić information content (AvgIpc) is 3.46. The van der Waals surface area contributed by atoms with Crippen LogP contribution in [0.1, 0.15) is 54.1 Å². The molecule has 10 nitrogen and oxygen atoms in total. The van der Waals surface area contributed by atoms with Crippen LogP contribution in [0.15, 0.2) is 51.9 Å². The highest BCUT2D eigenvalue weighted by atomic mass is 19.4. The summed E-state index contributed by atoms with van der Waals surface area (Å²) >= 11 is 0. The van der Waals surface area contributed by atoms with E-state index in [1.54, 1.807) is 24.3 Å². The third-order valence-electron chi connectivity index (χ3n) is 6.74. The molecule has 4 aromatic heterocycles. The predicted molar refractivity (Wildman–Crippen MR) is 143 cm³/mol. The summed E-state index contributed by atoms with van der Waals surface area (Å²) in [6.45, 7) is 4.82. The van der Waals surface area contributed by atoms with Gasteiger partial charge in [-0.1, -0.05) is 19.9 Å². The van der Waals surface area contributed by atoms with Crippen LogP contribution in [0.3, 0.4) is 0 Å². The Kier molecular flexibility index (Phi) is 6.86. The third kappa shape index (κ3) is 5.04. The topological polar surface area (TPSA) is 146 Å². The number of nitriles is 1. The van der Waals surface area contributed by atoms with Crippen molar-refractivity contribution in [1.82, 2.24) is 24.3 Å². The molecule has 1 amide bonds. The van der Waals surface area contributed by atoms with Crippen LogP contribution in [0.25, 0.3) is 33.3 Å². The van der Waals surface area contributed by atoms with Crippen LogP contribution in [0.4, 0.5) is 13.2 Å². The molecule has 0 aliphatic rings. The van der Waals surface area contributed by atoms with Crippen LogP contribution in [-0.2, 0) is 13.0 Å². The molecule has 0 aliphatic carbocycles. The van der Waals surface area contributed by atoms with Crippen LogP contribution in [0.2, 0.25) is 0 Å². The van der Waals surface area contributed by atoms with Gasteiger partial charge in [0, 0.05) is 17.1 Å². The van der Waals surface area contributed by atoms with Crippen molar-refractivity contribution in [3.8, 4) is 17.2 Å². The van der Waals surface area contributed by atoms with E-state index < -0.39 is 23.9 Å². The molecule has 41 heavy (non-hydrogen) atoms. The minimum Gasteiger partial charge on any atom is -0.408 e. The van der Waals surface area contributed by atoms with Gasteiger partial charge in [-0.25, -0.2) is 14.5 Å². The second-order valence-corrected chi connectivity index (χ2v) is 10.1. The van der Waals surface area contributed by atoms with Crippen molar-refractivity contribution in [2.24, 2.45) is 11.7 Å². The smallest absolute Gasteiger partial charge is 0.408 e. The molecule has 0 bridgehead atoms. The molecule has 4 heterocycles. The van der Waals surface area contributed by atoms with Crippen LogP contribution in [-0.4, -0.2) is 36.4 Å². The summed E-state index contributed by atoms with van der Waals surface area (Å²) in [5.74, 6) is -1.45. The van der Waals surface area contributed by atoms with Gasteiger partial charge in [0.15, 0.2) is 11.2 Å². The Morgan fingerprint density at radius 3 is 2.54 bits per heavy atom. The fourth-order valence-corrected chi connectivity index (χ4v) is 4.75. The van der Waals surface area contributed by atoms with E-state index in [2.05, 4.69) is 15.1 Å². The number of rotatable bonds is 7. The second kappa shape index (κ2) is 10.2. The summed E-state index contributed by atoms with van der Waals surface area (Å²) in [6.07, 6.45) is -1.68. The lowest BCUT2D eigenvalue weighted by Gasteiger charge is -2.19. The van der Waals surface area contributed by atoms with Crippen molar-refractivity contribution < 1.29 is 22.4 Å². The van der Waals surface area contributed by atoms with E-state index >= 15 is 0 Å². The van der Waals surface area contributed by atoms with Crippen LogP contribution >= 0.6 is 0 Å². The average molecular weight is 564 g/mol. The standard InChI is InChI=1S/C28H24F3N7O3/c1-14(2)8-20-24(25(33)39)23(19-12-35-38(26(19)36-20)15(3)28(29,30)31)17-5-7-21-22(9-17)41-27(40)37(21)13-18-6-4-16(10-32)11-34-18/h4-7,9,11-12,14-15H,8,13H2,1-3H3,(H2,33,39). The van der Waals surface area contributed by atoms with Gasteiger partial charge in [-0.05, 0) is 49.1 Å². The molecule has 2 N–H and O–H groups in total. The number of nitrogens with zero attached hydrogens (tertiary/aromatic N) is 6. The summed E-state index contributed by atoms with van der Waals surface area (Å²) in [4.78, 5) is 34.2. The molecule has 5 rings (SSSR count). The molecule has 0 saturated heterocycles. The van der Waals surface area contributed by atoms with Gasteiger partial charge in [-0.2, -0.15) is 23.5 Å². The van der Waals surface area contributed by atoms with Crippen molar-refractivity contribution in [3.05, 3.63) is 75.8 Å². The molecule has 1 aromatic carbocycles. The minimum absolute atomic E-state index is 0.00711. The molecular weight excluding hydrogens is 539 g/mol. The maximum absolute atomic E-state index is 13.7. The quantitative estimate of drug-likeness (QED) is 0.301. The maximum atomic E-state index is 13.7. The fraction of sp³-hybridized carbons (Fsp3) is 0.286. The lowest BCUT2D eigenvalue weighted by molar-refractivity contribution is -0.164. The summed E-state index contributed by atoms with van der Waals surface area (Å²) in [6, 6.07) is 7.99. The summed E-state index contributed by atoms with van der Waals surface area (Å²) < 4.78 is 48.6. The zero-order chi connectivity index (χ0) is 29.6. The highest BCUT2D eigenvalue weighted by Crippen LogP contribution is 2.38. The predicted octanol–water partition coefficient (Wildman–Crippen LogP) is 4.74. The molecule has 0 aliphatic heterocycles. The van der Waals surface area contributed by atoms with E-state index in [1.807, 2.05) is 19.9 Å². The molecule has 13 heteroatoms. The van der Waals surface area contributed by atoms with E-state index in [0.29, 0.717) is 22.3 Å². The number of carbonyl (C=O) groups is 1. The molecular formula is C28H24F3N7O3. The molecule has 210 valence electrons. The highest BCUT2D eigenvalue weighted by Gasteiger charge is 2.39. The van der Waals surface area contributed by atoms with Gasteiger partial charge >= 0.3 is 11.9 Å². The number of carbonyl (C=O) groups excluding carboxylic acids is 1. The zero-order valence-corrected chi connectivity index (χ0v) is 22.2. The number of hydrogen-bond acceptors (Lipinski definition) is 7. The molecule has 0 spiro atoms. The van der Waals surface area contributed by atoms with E-state index in [1.165, 1.54) is 23.0 Å². The number of benzene rings is 1. The number of halogens is 3. The fourth-order valence-electron chi connectivity index (χ4n) is 4.75. The van der Waals surface area contributed by atoms with Crippen LogP contribution in [0.5, 0.6) is 0 Å². The van der Waals surface area contributed by atoms with Gasteiger partial charge in [0.2, 0.25) is 0 Å². The Hall–Kier alpha value is -4.99. The first-order valence-electron chi connectivity index (χ1n) is 12.6. The minimum atomic E-state index is -4.59. The monoisotopic (exact) mass is 563 g/mol. The first kappa shape index (κ1) is 27.6. The van der Waals surface area contributed by atoms with E-state index in [-0.39, 0.29) is 52.3 Å². The van der Waals surface area contributed by atoms with Gasteiger partial charge in [0.1, 0.15) is 12.1 Å². The number of alkyl halides is 3. The van der Waals surface area contributed by atoms with E-state index in [4.69, 9.17) is 15.4 Å². The Balaban J connectivity index is 1.71. The number of amides is 1. The Bertz CT molecular complexity index is 1890. The number of aromatic nitrogens is 5. The van der Waals surface area contributed by atoms with Gasteiger partial charge in [0.05, 0.1) is 40.8 Å². The largest absolute Gasteiger partial charge is 0.420 e. The molecule has 1 unspecified atom stereocenters. The Morgan fingerprint density at radius 2 is 1.93 bits per heavy atom. The molecule has 1 atom stereocenters. The summed E-state index contributed by atoms with van der Waals surface area (Å²) in [5.41, 5.74) is 8.23. The number of fused-ring (bicyclic) bond motifs is 2. The third-order valence-corrected chi connectivity index (χ3v) is 6.74. The van der Waals surface area contributed by atoms with Crippen molar-refractivity contribution in [3.63, 3.8) is 0 Å². The normalized spacial score (nSPS) is 12.7. The highest BCUT2D eigenvalue weighted by molar-refractivity contribution is 6.09. The van der Waals surface area contributed by atoms with Crippen LogP contribution < -0.4 is 11.5 Å². The van der Waals surface area contributed by atoms with Gasteiger partial charge in [-0.3, -0.25) is 14.3 Å². The SMILES string of the molecule is CC(C)Cc1nc2c(cnn2C(C)C(F)(F)F)c(-c2ccc3c(c2)oc(=O)n3Cc2ccc(C#N)cn2)c1C(N)=O. The molecule has 0 saturated carbocycles. The number of hydrogen-bond donors (Lipinski definition) is 1. The number of oxazole rings is 1.